The van der Waals surface area contributed by atoms with Crippen LogP contribution in [0.1, 0.15) is 5.56 Å². The smallest absolute Gasteiger partial charge is 0.0642 e. The van der Waals surface area contributed by atoms with Gasteiger partial charge in [-0.3, -0.25) is 0 Å². The van der Waals surface area contributed by atoms with E-state index in [1.54, 1.807) is 0 Å². The molecule has 1 heterocycles. The van der Waals surface area contributed by atoms with Gasteiger partial charge in [0.25, 0.3) is 0 Å². The van der Waals surface area contributed by atoms with Gasteiger partial charge in [-0.1, -0.05) is 12.1 Å². The molecule has 0 atom stereocenters. The Morgan fingerprint density at radius 3 is 2.47 bits per heavy atom. The van der Waals surface area contributed by atoms with Crippen molar-refractivity contribution in [2.45, 2.75) is 6.42 Å². The fourth-order valence-electron chi connectivity index (χ4n) is 1.76. The largest absolute Gasteiger partial charge is 0.378 e. The molecule has 1 aliphatic rings. The summed E-state index contributed by atoms with van der Waals surface area (Å²) in [5.74, 6) is 2.65. The summed E-state index contributed by atoms with van der Waals surface area (Å²) >= 11 is 0. The Morgan fingerprint density at radius 1 is 1.20 bits per heavy atom. The first-order valence-electron chi connectivity index (χ1n) is 5.25. The van der Waals surface area contributed by atoms with Crippen molar-refractivity contribution in [3.05, 3.63) is 29.8 Å². The van der Waals surface area contributed by atoms with Gasteiger partial charge in [-0.05, 0) is 17.7 Å². The molecule has 1 aromatic rings. The van der Waals surface area contributed by atoms with Gasteiger partial charge in [0.05, 0.1) is 13.2 Å². The number of morpholine rings is 1. The van der Waals surface area contributed by atoms with Crippen LogP contribution in [0.3, 0.4) is 0 Å². The molecule has 2 rings (SSSR count). The molecule has 1 fully saturated rings. The lowest BCUT2D eigenvalue weighted by atomic mass is 10.1. The third-order valence-corrected chi connectivity index (χ3v) is 2.62. The topological polar surface area (TPSA) is 12.5 Å². The van der Waals surface area contributed by atoms with Crippen LogP contribution in [0, 0.1) is 12.3 Å². The summed E-state index contributed by atoms with van der Waals surface area (Å²) in [7, 11) is 0. The maximum atomic E-state index is 5.32. The van der Waals surface area contributed by atoms with Crippen LogP contribution in [-0.2, 0) is 11.2 Å². The molecule has 1 aromatic carbocycles. The van der Waals surface area contributed by atoms with E-state index in [4.69, 9.17) is 11.2 Å². The Morgan fingerprint density at radius 2 is 1.87 bits per heavy atom. The summed E-state index contributed by atoms with van der Waals surface area (Å²) in [6.45, 7) is 3.61. The molecule has 0 aliphatic carbocycles. The number of terminal acetylenes is 1. The molecule has 0 amide bonds. The predicted octanol–water partition coefficient (Wildman–Crippen LogP) is 1.70. The molecule has 2 heteroatoms. The van der Waals surface area contributed by atoms with E-state index in [2.05, 4.69) is 35.1 Å². The van der Waals surface area contributed by atoms with Crippen LogP contribution in [0.2, 0.25) is 0 Å². The van der Waals surface area contributed by atoms with Gasteiger partial charge in [0.1, 0.15) is 0 Å². The fourth-order valence-corrected chi connectivity index (χ4v) is 1.76. The van der Waals surface area contributed by atoms with Gasteiger partial charge in [-0.2, -0.15) is 0 Å². The van der Waals surface area contributed by atoms with E-state index < -0.39 is 0 Å². The molecule has 0 spiro atoms. The van der Waals surface area contributed by atoms with Gasteiger partial charge in [0, 0.05) is 25.2 Å². The number of anilines is 1. The third-order valence-electron chi connectivity index (χ3n) is 2.62. The average Bonchev–Trinajstić information content (AvgIpc) is 2.32. The van der Waals surface area contributed by atoms with Crippen LogP contribution in [0.25, 0.3) is 0 Å². The fraction of sp³-hybridized carbons (Fsp3) is 0.385. The van der Waals surface area contributed by atoms with E-state index in [1.807, 2.05) is 0 Å². The van der Waals surface area contributed by atoms with Crippen molar-refractivity contribution in [3.8, 4) is 12.3 Å². The van der Waals surface area contributed by atoms with Crippen LogP contribution >= 0.6 is 0 Å². The summed E-state index contributed by atoms with van der Waals surface area (Å²) in [5, 5.41) is 0. The summed E-state index contributed by atoms with van der Waals surface area (Å²) in [6.07, 6.45) is 5.98. The lowest BCUT2D eigenvalue weighted by Crippen LogP contribution is -2.36. The second-order valence-corrected chi connectivity index (χ2v) is 3.65. The zero-order valence-electron chi connectivity index (χ0n) is 8.78. The lowest BCUT2D eigenvalue weighted by molar-refractivity contribution is 0.122. The van der Waals surface area contributed by atoms with Crippen LogP contribution in [0.15, 0.2) is 24.3 Å². The van der Waals surface area contributed by atoms with Crippen molar-refractivity contribution in [2.75, 3.05) is 31.2 Å². The number of hydrogen-bond donors (Lipinski definition) is 0. The summed E-state index contributed by atoms with van der Waals surface area (Å²) < 4.78 is 5.32. The van der Waals surface area contributed by atoms with Crippen molar-refractivity contribution in [3.63, 3.8) is 0 Å². The molecule has 0 N–H and O–H groups in total. The monoisotopic (exact) mass is 201 g/mol. The molecular weight excluding hydrogens is 186 g/mol. The van der Waals surface area contributed by atoms with Crippen LogP contribution in [0.4, 0.5) is 5.69 Å². The zero-order valence-corrected chi connectivity index (χ0v) is 8.78. The third kappa shape index (κ3) is 2.51. The highest BCUT2D eigenvalue weighted by Gasteiger charge is 2.10. The van der Waals surface area contributed by atoms with E-state index in [0.29, 0.717) is 6.42 Å². The molecule has 15 heavy (non-hydrogen) atoms. The number of nitrogens with zero attached hydrogens (tertiary/aromatic N) is 1. The first-order valence-corrected chi connectivity index (χ1v) is 5.25. The van der Waals surface area contributed by atoms with Crippen LogP contribution in [0.5, 0.6) is 0 Å². The minimum atomic E-state index is 0.712. The van der Waals surface area contributed by atoms with Crippen LogP contribution < -0.4 is 4.90 Å². The highest BCUT2D eigenvalue weighted by molar-refractivity contribution is 5.48. The summed E-state index contributed by atoms with van der Waals surface area (Å²) in [4.78, 5) is 2.34. The Labute approximate surface area is 90.9 Å². The first kappa shape index (κ1) is 10.1. The zero-order chi connectivity index (χ0) is 10.5. The highest BCUT2D eigenvalue weighted by Crippen LogP contribution is 2.16. The van der Waals surface area contributed by atoms with E-state index in [9.17, 15) is 0 Å². The molecule has 0 saturated carbocycles. The highest BCUT2D eigenvalue weighted by atomic mass is 16.5. The predicted molar refractivity (Wildman–Crippen MR) is 62.0 cm³/mol. The van der Waals surface area contributed by atoms with Crippen molar-refractivity contribution >= 4 is 5.69 Å². The van der Waals surface area contributed by atoms with E-state index in [1.165, 1.54) is 11.3 Å². The first-order chi connectivity index (χ1) is 7.40. The van der Waals surface area contributed by atoms with E-state index in [0.717, 1.165) is 26.3 Å². The molecule has 0 radical (unpaired) electrons. The standard InChI is InChI=1S/C13H15NO/c1-2-3-12-4-6-13(7-5-12)14-8-10-15-11-9-14/h1,4-7H,3,8-11H2. The molecule has 0 aromatic heterocycles. The minimum absolute atomic E-state index is 0.712. The van der Waals surface area contributed by atoms with Gasteiger partial charge in [-0.25, -0.2) is 0 Å². The average molecular weight is 201 g/mol. The van der Waals surface area contributed by atoms with Crippen molar-refractivity contribution in [1.29, 1.82) is 0 Å². The molecule has 78 valence electrons. The van der Waals surface area contributed by atoms with Gasteiger partial charge >= 0.3 is 0 Å². The number of benzene rings is 1. The van der Waals surface area contributed by atoms with Crippen LogP contribution in [-0.4, -0.2) is 26.3 Å². The Balaban J connectivity index is 2.05. The van der Waals surface area contributed by atoms with Crippen molar-refractivity contribution < 1.29 is 4.74 Å². The number of ether oxygens (including phenoxy) is 1. The minimum Gasteiger partial charge on any atom is -0.378 e. The molecular formula is C13H15NO. The van der Waals surface area contributed by atoms with E-state index >= 15 is 0 Å². The summed E-state index contributed by atoms with van der Waals surface area (Å²) in [5.41, 5.74) is 2.47. The van der Waals surface area contributed by atoms with Gasteiger partial charge in [0.15, 0.2) is 0 Å². The van der Waals surface area contributed by atoms with Gasteiger partial charge < -0.3 is 9.64 Å². The Kier molecular flexibility index (Phi) is 3.26. The number of rotatable bonds is 2. The number of hydrogen-bond acceptors (Lipinski definition) is 2. The SMILES string of the molecule is C#CCc1ccc(N2CCOCC2)cc1. The second kappa shape index (κ2) is 4.86. The quantitative estimate of drug-likeness (QED) is 0.675. The van der Waals surface area contributed by atoms with E-state index in [-0.39, 0.29) is 0 Å². The lowest BCUT2D eigenvalue weighted by Gasteiger charge is -2.28. The van der Waals surface area contributed by atoms with Crippen molar-refractivity contribution in [2.24, 2.45) is 0 Å². The second-order valence-electron chi connectivity index (χ2n) is 3.65. The normalized spacial score (nSPS) is 16.1. The van der Waals surface area contributed by atoms with Crippen molar-refractivity contribution in [1.82, 2.24) is 0 Å². The maximum absolute atomic E-state index is 5.32. The molecule has 2 nitrogen and oxygen atoms in total. The molecule has 1 saturated heterocycles. The van der Waals surface area contributed by atoms with Gasteiger partial charge in [0.2, 0.25) is 0 Å². The molecule has 1 aliphatic heterocycles. The Hall–Kier alpha value is -1.46. The molecule has 0 unspecified atom stereocenters. The Bertz CT molecular complexity index is 344. The maximum Gasteiger partial charge on any atom is 0.0642 e. The summed E-state index contributed by atoms with van der Waals surface area (Å²) in [6, 6.07) is 8.48. The molecule has 0 bridgehead atoms. The van der Waals surface area contributed by atoms with Gasteiger partial charge in [-0.15, -0.1) is 12.3 Å².